The van der Waals surface area contributed by atoms with Crippen LogP contribution in [0.15, 0.2) is 0 Å². The summed E-state index contributed by atoms with van der Waals surface area (Å²) in [4.78, 5) is 34.0. The number of amides is 2. The summed E-state index contributed by atoms with van der Waals surface area (Å²) in [5, 5.41) is 0. The van der Waals surface area contributed by atoms with E-state index in [1.165, 1.54) is 13.8 Å². The molecule has 1 saturated heterocycles. The van der Waals surface area contributed by atoms with Crippen molar-refractivity contribution in [2.24, 2.45) is 5.92 Å². The van der Waals surface area contributed by atoms with Crippen molar-refractivity contribution in [1.82, 2.24) is 4.90 Å². The molecule has 0 N–H and O–H groups in total. The first kappa shape index (κ1) is 10.7. The van der Waals surface area contributed by atoms with Crippen LogP contribution in [0.4, 0.5) is 0 Å². The summed E-state index contributed by atoms with van der Waals surface area (Å²) >= 11 is 0. The molecule has 78 valence electrons. The highest BCUT2D eigenvalue weighted by molar-refractivity contribution is 6.01. The van der Waals surface area contributed by atoms with Gasteiger partial charge in [-0.15, -0.1) is 0 Å². The van der Waals surface area contributed by atoms with Crippen LogP contribution in [0.25, 0.3) is 0 Å². The molecule has 5 nitrogen and oxygen atoms in total. The summed E-state index contributed by atoms with van der Waals surface area (Å²) in [5.74, 6) is -1.48. The standard InChI is InChI=1S/C9H13NO4/c1-4-7-8(13)10(5(2)11)9(7)14-6(3)12/h7,9H,4H2,1-3H3. The van der Waals surface area contributed by atoms with Crippen molar-refractivity contribution in [3.63, 3.8) is 0 Å². The Balaban J connectivity index is 2.73. The molecule has 1 aliphatic rings. The van der Waals surface area contributed by atoms with Crippen molar-refractivity contribution >= 4 is 17.8 Å². The summed E-state index contributed by atoms with van der Waals surface area (Å²) in [5.41, 5.74) is 0. The Morgan fingerprint density at radius 3 is 2.36 bits per heavy atom. The van der Waals surface area contributed by atoms with Gasteiger partial charge < -0.3 is 4.74 Å². The molecule has 1 aliphatic heterocycles. The molecule has 0 bridgehead atoms. The van der Waals surface area contributed by atoms with Gasteiger partial charge in [-0.3, -0.25) is 14.4 Å². The van der Waals surface area contributed by atoms with Gasteiger partial charge >= 0.3 is 5.97 Å². The number of esters is 1. The molecule has 0 radical (unpaired) electrons. The van der Waals surface area contributed by atoms with Crippen LogP contribution in [0, 0.1) is 5.92 Å². The fourth-order valence-corrected chi connectivity index (χ4v) is 1.54. The Morgan fingerprint density at radius 1 is 1.43 bits per heavy atom. The predicted molar refractivity (Wildman–Crippen MR) is 46.9 cm³/mol. The van der Waals surface area contributed by atoms with E-state index in [9.17, 15) is 14.4 Å². The number of nitrogens with zero attached hydrogens (tertiary/aromatic N) is 1. The van der Waals surface area contributed by atoms with E-state index in [1.54, 1.807) is 0 Å². The molecule has 0 saturated carbocycles. The molecule has 1 heterocycles. The smallest absolute Gasteiger partial charge is 0.304 e. The van der Waals surface area contributed by atoms with Gasteiger partial charge in [0.05, 0.1) is 5.92 Å². The normalized spacial score (nSPS) is 25.6. The summed E-state index contributed by atoms with van der Waals surface area (Å²) in [7, 11) is 0. The number of ether oxygens (including phenoxy) is 1. The molecule has 2 amide bonds. The predicted octanol–water partition coefficient (Wildman–Crippen LogP) is 0.290. The van der Waals surface area contributed by atoms with Gasteiger partial charge in [0.2, 0.25) is 11.8 Å². The van der Waals surface area contributed by atoms with Crippen molar-refractivity contribution in [2.45, 2.75) is 33.4 Å². The molecule has 0 spiro atoms. The average molecular weight is 199 g/mol. The van der Waals surface area contributed by atoms with Crippen molar-refractivity contribution in [1.29, 1.82) is 0 Å². The number of hydrogen-bond acceptors (Lipinski definition) is 4. The lowest BCUT2D eigenvalue weighted by Gasteiger charge is -2.43. The van der Waals surface area contributed by atoms with Crippen LogP contribution in [0.3, 0.4) is 0 Å². The first-order valence-electron chi connectivity index (χ1n) is 4.49. The van der Waals surface area contributed by atoms with Crippen molar-refractivity contribution in [3.8, 4) is 0 Å². The van der Waals surface area contributed by atoms with Crippen LogP contribution in [-0.2, 0) is 19.1 Å². The van der Waals surface area contributed by atoms with Gasteiger partial charge in [-0.25, -0.2) is 4.90 Å². The second-order valence-electron chi connectivity index (χ2n) is 3.24. The van der Waals surface area contributed by atoms with E-state index in [2.05, 4.69) is 0 Å². The minimum absolute atomic E-state index is 0.258. The molecule has 14 heavy (non-hydrogen) atoms. The third-order valence-corrected chi connectivity index (χ3v) is 2.22. The number of β-lactam (4-membered cyclic amide) rings is 1. The third-order valence-electron chi connectivity index (χ3n) is 2.22. The zero-order valence-electron chi connectivity index (χ0n) is 8.44. The SMILES string of the molecule is CCC1C(=O)N(C(C)=O)C1OC(C)=O. The molecule has 0 aliphatic carbocycles. The van der Waals surface area contributed by atoms with Crippen LogP contribution >= 0.6 is 0 Å². The molecule has 0 aromatic rings. The Bertz CT molecular complexity index is 287. The summed E-state index contributed by atoms with van der Waals surface area (Å²) in [6.45, 7) is 4.35. The molecule has 1 rings (SSSR count). The topological polar surface area (TPSA) is 63.7 Å². The molecule has 2 unspecified atom stereocenters. The molecule has 2 atom stereocenters. The van der Waals surface area contributed by atoms with Crippen molar-refractivity contribution in [3.05, 3.63) is 0 Å². The number of likely N-dealkylation sites (tertiary alicyclic amines) is 1. The van der Waals surface area contributed by atoms with E-state index in [1.807, 2.05) is 6.92 Å². The zero-order chi connectivity index (χ0) is 10.9. The van der Waals surface area contributed by atoms with E-state index >= 15 is 0 Å². The van der Waals surface area contributed by atoms with Gasteiger partial charge in [-0.05, 0) is 6.42 Å². The fraction of sp³-hybridized carbons (Fsp3) is 0.667. The molecule has 0 aromatic carbocycles. The second kappa shape index (κ2) is 3.77. The van der Waals surface area contributed by atoms with Gasteiger partial charge in [-0.1, -0.05) is 6.92 Å². The average Bonchev–Trinajstić information content (AvgIpc) is 2.02. The monoisotopic (exact) mass is 199 g/mol. The minimum Gasteiger partial charge on any atom is -0.440 e. The quantitative estimate of drug-likeness (QED) is 0.473. The Hall–Kier alpha value is -1.39. The van der Waals surface area contributed by atoms with Crippen LogP contribution in [0.5, 0.6) is 0 Å². The fourth-order valence-electron chi connectivity index (χ4n) is 1.54. The number of hydrogen-bond donors (Lipinski definition) is 0. The first-order valence-corrected chi connectivity index (χ1v) is 4.49. The van der Waals surface area contributed by atoms with Crippen LogP contribution in [0.2, 0.25) is 0 Å². The molecule has 1 fully saturated rings. The molecule has 0 aromatic heterocycles. The lowest BCUT2D eigenvalue weighted by molar-refractivity contribution is -0.199. The van der Waals surface area contributed by atoms with E-state index in [4.69, 9.17) is 4.74 Å². The van der Waals surface area contributed by atoms with Gasteiger partial charge in [-0.2, -0.15) is 0 Å². The number of carbonyl (C=O) groups is 3. The highest BCUT2D eigenvalue weighted by Gasteiger charge is 2.50. The van der Waals surface area contributed by atoms with Gasteiger partial charge in [0.25, 0.3) is 0 Å². The van der Waals surface area contributed by atoms with Crippen LogP contribution in [0.1, 0.15) is 27.2 Å². The summed E-state index contributed by atoms with van der Waals surface area (Å²) in [6, 6.07) is 0. The zero-order valence-corrected chi connectivity index (χ0v) is 8.44. The lowest BCUT2D eigenvalue weighted by atomic mass is 9.93. The van der Waals surface area contributed by atoms with E-state index < -0.39 is 12.2 Å². The first-order chi connectivity index (χ1) is 6.49. The molecular weight excluding hydrogens is 186 g/mol. The van der Waals surface area contributed by atoms with Gasteiger partial charge in [0, 0.05) is 13.8 Å². The number of carbonyl (C=O) groups excluding carboxylic acids is 3. The number of rotatable bonds is 2. The van der Waals surface area contributed by atoms with Crippen LogP contribution in [-0.4, -0.2) is 28.9 Å². The minimum atomic E-state index is -0.692. The molecular formula is C9H13NO4. The van der Waals surface area contributed by atoms with Gasteiger partial charge in [0.1, 0.15) is 0 Å². The Labute approximate surface area is 82.0 Å². The highest BCUT2D eigenvalue weighted by Crippen LogP contribution is 2.30. The maximum Gasteiger partial charge on any atom is 0.304 e. The highest BCUT2D eigenvalue weighted by atomic mass is 16.6. The van der Waals surface area contributed by atoms with Crippen molar-refractivity contribution < 1.29 is 19.1 Å². The maximum absolute atomic E-state index is 11.3. The maximum atomic E-state index is 11.3. The second-order valence-corrected chi connectivity index (χ2v) is 3.24. The van der Waals surface area contributed by atoms with E-state index in [0.717, 1.165) is 4.90 Å². The summed E-state index contributed by atoms with van der Waals surface area (Å²) in [6.07, 6.45) is -0.122. The Morgan fingerprint density at radius 2 is 2.00 bits per heavy atom. The van der Waals surface area contributed by atoms with E-state index in [-0.39, 0.29) is 17.7 Å². The largest absolute Gasteiger partial charge is 0.440 e. The lowest BCUT2D eigenvalue weighted by Crippen LogP contribution is -2.63. The van der Waals surface area contributed by atoms with Gasteiger partial charge in [0.15, 0.2) is 6.23 Å². The number of imide groups is 1. The Kier molecular flexibility index (Phi) is 2.88. The van der Waals surface area contributed by atoms with Crippen LogP contribution < -0.4 is 0 Å². The third kappa shape index (κ3) is 1.62. The van der Waals surface area contributed by atoms with Crippen molar-refractivity contribution in [2.75, 3.05) is 0 Å². The van der Waals surface area contributed by atoms with E-state index in [0.29, 0.717) is 6.42 Å². The summed E-state index contributed by atoms with van der Waals surface area (Å²) < 4.78 is 4.88. The molecule has 5 heteroatoms.